The molecule has 17 heavy (non-hydrogen) atoms. The van der Waals surface area contributed by atoms with E-state index in [9.17, 15) is 0 Å². The van der Waals surface area contributed by atoms with Gasteiger partial charge < -0.3 is 5.11 Å². The molecule has 2 heterocycles. The molecule has 0 saturated carbocycles. The third-order valence-corrected chi connectivity index (χ3v) is 2.88. The molecule has 0 spiro atoms. The van der Waals surface area contributed by atoms with Gasteiger partial charge in [0.25, 0.3) is 0 Å². The molecule has 0 aliphatic rings. The fraction of sp³-hybridized carbons (Fsp3) is 0.417. The van der Waals surface area contributed by atoms with Crippen molar-refractivity contribution in [3.8, 4) is 5.82 Å². The lowest BCUT2D eigenvalue weighted by Crippen LogP contribution is -2.04. The molecule has 2 aromatic heterocycles. The molecule has 0 unspecified atom stereocenters. The van der Waals surface area contributed by atoms with Gasteiger partial charge in [-0.05, 0) is 38.0 Å². The van der Waals surface area contributed by atoms with Crippen LogP contribution in [0.3, 0.4) is 0 Å². The van der Waals surface area contributed by atoms with Crippen molar-refractivity contribution < 1.29 is 5.11 Å². The van der Waals surface area contributed by atoms with Crippen LogP contribution in [0, 0.1) is 13.8 Å². The molecule has 5 heteroatoms. The number of hydrogen-bond donors (Lipinski definition) is 1. The van der Waals surface area contributed by atoms with E-state index in [-0.39, 0.29) is 6.61 Å². The Balaban J connectivity index is 2.45. The Bertz CT molecular complexity index is 516. The first kappa shape index (κ1) is 11.7. The normalized spacial score (nSPS) is 10.8. The Labute approximate surface area is 100 Å². The number of hydrogen-bond acceptors (Lipinski definition) is 4. The maximum atomic E-state index is 8.92. The smallest absolute Gasteiger partial charge is 0.175 e. The Kier molecular flexibility index (Phi) is 3.19. The van der Waals surface area contributed by atoms with Gasteiger partial charge in [0.05, 0.1) is 18.0 Å². The molecule has 0 atom stereocenters. The van der Waals surface area contributed by atoms with Crippen molar-refractivity contribution in [1.82, 2.24) is 20.0 Å². The molecule has 90 valence electrons. The fourth-order valence-corrected chi connectivity index (χ4v) is 1.96. The van der Waals surface area contributed by atoms with Gasteiger partial charge in [-0.2, -0.15) is 10.2 Å². The van der Waals surface area contributed by atoms with Crippen molar-refractivity contribution in [3.05, 3.63) is 34.8 Å². The molecule has 0 radical (unpaired) electrons. The van der Waals surface area contributed by atoms with Crippen molar-refractivity contribution in [2.45, 2.75) is 33.8 Å². The van der Waals surface area contributed by atoms with E-state index in [0.29, 0.717) is 11.5 Å². The van der Waals surface area contributed by atoms with Crippen LogP contribution in [0.1, 0.15) is 29.6 Å². The van der Waals surface area contributed by atoms with Crippen molar-refractivity contribution in [2.24, 2.45) is 0 Å². The monoisotopic (exact) mass is 232 g/mol. The molecule has 0 aliphatic carbocycles. The van der Waals surface area contributed by atoms with E-state index in [0.717, 1.165) is 17.8 Å². The standard InChI is InChI=1S/C12H16N4O/c1-4-11-8(2)15-16(9(11)3)12-6-5-10(7-17)13-14-12/h5-6,17H,4,7H2,1-3H3. The van der Waals surface area contributed by atoms with Crippen molar-refractivity contribution in [3.63, 3.8) is 0 Å². The lowest BCUT2D eigenvalue weighted by atomic mass is 10.1. The fourth-order valence-electron chi connectivity index (χ4n) is 1.96. The van der Waals surface area contributed by atoms with Gasteiger partial charge in [-0.25, -0.2) is 4.68 Å². The highest BCUT2D eigenvalue weighted by Crippen LogP contribution is 2.16. The van der Waals surface area contributed by atoms with Gasteiger partial charge in [-0.1, -0.05) is 6.92 Å². The second kappa shape index (κ2) is 4.63. The van der Waals surface area contributed by atoms with Gasteiger partial charge in [0.15, 0.2) is 5.82 Å². The van der Waals surface area contributed by atoms with Gasteiger partial charge in [0.2, 0.25) is 0 Å². The molecule has 1 N–H and O–H groups in total. The molecule has 0 aliphatic heterocycles. The minimum atomic E-state index is -0.0927. The molecule has 0 bridgehead atoms. The van der Waals surface area contributed by atoms with E-state index in [2.05, 4.69) is 22.2 Å². The zero-order valence-electron chi connectivity index (χ0n) is 10.3. The van der Waals surface area contributed by atoms with Gasteiger partial charge in [0, 0.05) is 5.69 Å². The molecule has 5 nitrogen and oxygen atoms in total. The maximum Gasteiger partial charge on any atom is 0.175 e. The van der Waals surface area contributed by atoms with Crippen LogP contribution in [-0.4, -0.2) is 25.1 Å². The van der Waals surface area contributed by atoms with Crippen LogP contribution in [0.15, 0.2) is 12.1 Å². The summed E-state index contributed by atoms with van der Waals surface area (Å²) in [5.74, 6) is 0.683. The highest BCUT2D eigenvalue weighted by Gasteiger charge is 2.11. The van der Waals surface area contributed by atoms with E-state index >= 15 is 0 Å². The van der Waals surface area contributed by atoms with Crippen LogP contribution >= 0.6 is 0 Å². The Morgan fingerprint density at radius 3 is 2.47 bits per heavy atom. The highest BCUT2D eigenvalue weighted by molar-refractivity contribution is 5.31. The Hall–Kier alpha value is -1.75. The number of aromatic nitrogens is 4. The summed E-state index contributed by atoms with van der Waals surface area (Å²) in [6.07, 6.45) is 0.958. The SMILES string of the molecule is CCc1c(C)nn(-c2ccc(CO)nn2)c1C. The summed E-state index contributed by atoms with van der Waals surface area (Å²) < 4.78 is 1.79. The molecular formula is C12H16N4O. The number of aliphatic hydroxyl groups is 1. The predicted octanol–water partition coefficient (Wildman–Crippen LogP) is 1.33. The minimum absolute atomic E-state index is 0.0927. The largest absolute Gasteiger partial charge is 0.390 e. The molecule has 0 aromatic carbocycles. The summed E-state index contributed by atoms with van der Waals surface area (Å²) in [5.41, 5.74) is 3.93. The van der Waals surface area contributed by atoms with E-state index in [1.807, 2.05) is 19.9 Å². The summed E-state index contributed by atoms with van der Waals surface area (Å²) in [6.45, 7) is 6.05. The molecule has 0 amide bonds. The quantitative estimate of drug-likeness (QED) is 0.867. The topological polar surface area (TPSA) is 63.8 Å². The summed E-state index contributed by atoms with van der Waals surface area (Å²) in [6, 6.07) is 3.57. The average Bonchev–Trinajstić information content (AvgIpc) is 2.64. The first-order valence-electron chi connectivity index (χ1n) is 5.66. The van der Waals surface area contributed by atoms with Crippen LogP contribution in [0.4, 0.5) is 0 Å². The van der Waals surface area contributed by atoms with Gasteiger partial charge in [0.1, 0.15) is 0 Å². The predicted molar refractivity (Wildman–Crippen MR) is 63.9 cm³/mol. The van der Waals surface area contributed by atoms with E-state index in [1.54, 1.807) is 10.7 Å². The molecule has 0 fully saturated rings. The van der Waals surface area contributed by atoms with Crippen molar-refractivity contribution in [1.29, 1.82) is 0 Å². The first-order valence-corrected chi connectivity index (χ1v) is 5.66. The lowest BCUT2D eigenvalue weighted by Gasteiger charge is -2.03. The minimum Gasteiger partial charge on any atom is -0.390 e. The second-order valence-electron chi connectivity index (χ2n) is 3.96. The second-order valence-corrected chi connectivity index (χ2v) is 3.96. The zero-order valence-corrected chi connectivity index (χ0v) is 10.3. The Morgan fingerprint density at radius 1 is 1.24 bits per heavy atom. The maximum absolute atomic E-state index is 8.92. The third-order valence-electron chi connectivity index (χ3n) is 2.88. The molecule has 2 aromatic rings. The summed E-state index contributed by atoms with van der Waals surface area (Å²) >= 11 is 0. The number of aliphatic hydroxyl groups excluding tert-OH is 1. The number of nitrogens with zero attached hydrogens (tertiary/aromatic N) is 4. The van der Waals surface area contributed by atoms with E-state index in [4.69, 9.17) is 5.11 Å². The van der Waals surface area contributed by atoms with Crippen LogP contribution in [0.2, 0.25) is 0 Å². The number of aryl methyl sites for hydroxylation is 1. The summed E-state index contributed by atoms with van der Waals surface area (Å²) in [5, 5.41) is 21.4. The third kappa shape index (κ3) is 2.06. The summed E-state index contributed by atoms with van der Waals surface area (Å²) in [7, 11) is 0. The van der Waals surface area contributed by atoms with Crippen molar-refractivity contribution >= 4 is 0 Å². The van der Waals surface area contributed by atoms with E-state index in [1.165, 1.54) is 5.56 Å². The molecular weight excluding hydrogens is 216 g/mol. The van der Waals surface area contributed by atoms with Crippen molar-refractivity contribution in [2.75, 3.05) is 0 Å². The van der Waals surface area contributed by atoms with Crippen LogP contribution in [0.5, 0.6) is 0 Å². The lowest BCUT2D eigenvalue weighted by molar-refractivity contribution is 0.275. The molecule has 2 rings (SSSR count). The van der Waals surface area contributed by atoms with Gasteiger partial charge in [-0.15, -0.1) is 5.10 Å². The van der Waals surface area contributed by atoms with E-state index < -0.39 is 0 Å². The van der Waals surface area contributed by atoms with Gasteiger partial charge >= 0.3 is 0 Å². The van der Waals surface area contributed by atoms with Crippen LogP contribution < -0.4 is 0 Å². The van der Waals surface area contributed by atoms with Gasteiger partial charge in [-0.3, -0.25) is 0 Å². The zero-order chi connectivity index (χ0) is 12.4. The average molecular weight is 232 g/mol. The Morgan fingerprint density at radius 2 is 2.00 bits per heavy atom. The van der Waals surface area contributed by atoms with Crippen LogP contribution in [0.25, 0.3) is 5.82 Å². The highest BCUT2D eigenvalue weighted by atomic mass is 16.3. The first-order chi connectivity index (χ1) is 8.17. The summed E-state index contributed by atoms with van der Waals surface area (Å²) in [4.78, 5) is 0. The molecule has 0 saturated heterocycles. The number of rotatable bonds is 3. The van der Waals surface area contributed by atoms with Crippen LogP contribution in [-0.2, 0) is 13.0 Å².